The number of anilines is 1. The van der Waals surface area contributed by atoms with Crippen molar-refractivity contribution in [2.45, 2.75) is 6.04 Å². The molecule has 6 nitrogen and oxygen atoms in total. The summed E-state index contributed by atoms with van der Waals surface area (Å²) in [6, 6.07) is 15.3. The molecule has 1 atom stereocenters. The highest BCUT2D eigenvalue weighted by molar-refractivity contribution is 5.94. The lowest BCUT2D eigenvalue weighted by atomic mass is 10.0. The van der Waals surface area contributed by atoms with Crippen LogP contribution in [0.15, 0.2) is 63.8 Å². The van der Waals surface area contributed by atoms with E-state index in [4.69, 9.17) is 9.15 Å². The number of ether oxygens (including phenoxy) is 1. The normalized spacial score (nSPS) is 12.0. The quantitative estimate of drug-likeness (QED) is 0.671. The minimum atomic E-state index is -1.03. The highest BCUT2D eigenvalue weighted by atomic mass is 16.5. The van der Waals surface area contributed by atoms with Gasteiger partial charge in [-0.05, 0) is 23.3 Å². The van der Waals surface area contributed by atoms with Crippen LogP contribution in [0, 0.1) is 0 Å². The van der Waals surface area contributed by atoms with E-state index in [0.29, 0.717) is 11.3 Å². The lowest BCUT2D eigenvalue weighted by molar-refractivity contribution is -0.139. The minimum absolute atomic E-state index is 0.0153. The SMILES string of the molecule is COCC(Nc1ccc2c(-c3ccccc3)cc(=O)oc2c1)C(=O)O. The number of nitrogens with one attached hydrogen (secondary N) is 1. The molecule has 3 rings (SSSR count). The second kappa shape index (κ2) is 7.19. The zero-order chi connectivity index (χ0) is 17.8. The third-order valence-corrected chi connectivity index (χ3v) is 3.80. The fraction of sp³-hybridized carbons (Fsp3) is 0.158. The third-order valence-electron chi connectivity index (χ3n) is 3.80. The average molecular weight is 339 g/mol. The van der Waals surface area contributed by atoms with Gasteiger partial charge in [0, 0.05) is 30.3 Å². The molecule has 0 aliphatic rings. The second-order valence-electron chi connectivity index (χ2n) is 5.55. The Morgan fingerprint density at radius 1 is 1.20 bits per heavy atom. The molecule has 0 aliphatic heterocycles. The zero-order valence-corrected chi connectivity index (χ0v) is 13.6. The number of carbonyl (C=O) groups is 1. The monoisotopic (exact) mass is 339 g/mol. The van der Waals surface area contributed by atoms with Gasteiger partial charge in [0.25, 0.3) is 0 Å². The van der Waals surface area contributed by atoms with Crippen molar-refractivity contribution in [1.82, 2.24) is 0 Å². The van der Waals surface area contributed by atoms with Crippen molar-refractivity contribution >= 4 is 22.6 Å². The first-order chi connectivity index (χ1) is 12.1. The topological polar surface area (TPSA) is 88.8 Å². The highest BCUT2D eigenvalue weighted by Gasteiger charge is 2.17. The summed E-state index contributed by atoms with van der Waals surface area (Å²) in [5.41, 5.74) is 2.13. The Morgan fingerprint density at radius 3 is 2.64 bits per heavy atom. The molecule has 0 aliphatic carbocycles. The van der Waals surface area contributed by atoms with Gasteiger partial charge in [0.2, 0.25) is 0 Å². The number of benzene rings is 2. The standard InChI is InChI=1S/C19H17NO5/c1-24-11-16(19(22)23)20-13-7-8-14-15(12-5-3-2-4-6-12)10-18(21)25-17(14)9-13/h2-10,16,20H,11H2,1H3,(H,22,23). The molecule has 0 saturated heterocycles. The molecule has 0 saturated carbocycles. The van der Waals surface area contributed by atoms with Crippen LogP contribution >= 0.6 is 0 Å². The Labute approximate surface area is 143 Å². The molecule has 128 valence electrons. The predicted molar refractivity (Wildman–Crippen MR) is 94.8 cm³/mol. The van der Waals surface area contributed by atoms with E-state index in [2.05, 4.69) is 5.32 Å². The fourth-order valence-corrected chi connectivity index (χ4v) is 2.65. The van der Waals surface area contributed by atoms with Gasteiger partial charge < -0.3 is 19.6 Å². The number of rotatable bonds is 6. The van der Waals surface area contributed by atoms with Crippen molar-refractivity contribution in [2.24, 2.45) is 0 Å². The number of carboxylic acid groups (broad SMARTS) is 1. The van der Waals surface area contributed by atoms with E-state index < -0.39 is 17.6 Å². The van der Waals surface area contributed by atoms with Gasteiger partial charge in [-0.3, -0.25) is 0 Å². The minimum Gasteiger partial charge on any atom is -0.480 e. The van der Waals surface area contributed by atoms with E-state index in [1.165, 1.54) is 13.2 Å². The van der Waals surface area contributed by atoms with Gasteiger partial charge >= 0.3 is 11.6 Å². The van der Waals surface area contributed by atoms with Crippen molar-refractivity contribution in [2.75, 3.05) is 19.0 Å². The zero-order valence-electron chi connectivity index (χ0n) is 13.6. The van der Waals surface area contributed by atoms with Crippen LogP contribution in [0.3, 0.4) is 0 Å². The number of hydrogen-bond acceptors (Lipinski definition) is 5. The van der Waals surface area contributed by atoms with Gasteiger partial charge in [0.1, 0.15) is 11.6 Å². The number of aliphatic carboxylic acids is 1. The summed E-state index contributed by atoms with van der Waals surface area (Å²) in [4.78, 5) is 23.2. The second-order valence-corrected chi connectivity index (χ2v) is 5.55. The molecule has 0 spiro atoms. The van der Waals surface area contributed by atoms with Gasteiger partial charge in [0.15, 0.2) is 0 Å². The molecule has 1 aromatic heterocycles. The Hall–Kier alpha value is -3.12. The lowest BCUT2D eigenvalue weighted by Gasteiger charge is -2.15. The summed E-state index contributed by atoms with van der Waals surface area (Å²) in [5.74, 6) is -1.03. The van der Waals surface area contributed by atoms with Crippen LogP contribution in [-0.2, 0) is 9.53 Å². The van der Waals surface area contributed by atoms with Gasteiger partial charge in [0.05, 0.1) is 6.61 Å². The van der Waals surface area contributed by atoms with Crippen molar-refractivity contribution in [3.63, 3.8) is 0 Å². The van der Waals surface area contributed by atoms with Crippen LogP contribution in [0.25, 0.3) is 22.1 Å². The molecule has 6 heteroatoms. The molecular formula is C19H17NO5. The number of hydrogen-bond donors (Lipinski definition) is 2. The van der Waals surface area contributed by atoms with E-state index in [0.717, 1.165) is 16.5 Å². The maximum atomic E-state index is 11.9. The largest absolute Gasteiger partial charge is 0.480 e. The first kappa shape index (κ1) is 16.7. The maximum absolute atomic E-state index is 11.9. The van der Waals surface area contributed by atoms with E-state index in [9.17, 15) is 14.7 Å². The number of methoxy groups -OCH3 is 1. The summed E-state index contributed by atoms with van der Waals surface area (Å²) >= 11 is 0. The van der Waals surface area contributed by atoms with Gasteiger partial charge in [-0.2, -0.15) is 0 Å². The van der Waals surface area contributed by atoms with E-state index in [1.807, 2.05) is 30.3 Å². The Balaban J connectivity index is 2.04. The summed E-state index contributed by atoms with van der Waals surface area (Å²) in [5, 5.41) is 12.8. The van der Waals surface area contributed by atoms with Crippen LogP contribution < -0.4 is 10.9 Å². The maximum Gasteiger partial charge on any atom is 0.336 e. The Kier molecular flexibility index (Phi) is 4.81. The molecule has 2 N–H and O–H groups in total. The Morgan fingerprint density at radius 2 is 1.96 bits per heavy atom. The summed E-state index contributed by atoms with van der Waals surface area (Å²) in [7, 11) is 1.43. The van der Waals surface area contributed by atoms with E-state index in [-0.39, 0.29) is 6.61 Å². The van der Waals surface area contributed by atoms with Crippen LogP contribution in [-0.4, -0.2) is 30.8 Å². The van der Waals surface area contributed by atoms with Crippen molar-refractivity contribution in [1.29, 1.82) is 0 Å². The van der Waals surface area contributed by atoms with Crippen LogP contribution in [0.4, 0.5) is 5.69 Å². The van der Waals surface area contributed by atoms with Crippen LogP contribution in [0.2, 0.25) is 0 Å². The first-order valence-corrected chi connectivity index (χ1v) is 7.70. The van der Waals surface area contributed by atoms with Crippen LogP contribution in [0.5, 0.6) is 0 Å². The van der Waals surface area contributed by atoms with Crippen molar-refractivity contribution in [3.8, 4) is 11.1 Å². The van der Waals surface area contributed by atoms with Gasteiger partial charge in [-0.1, -0.05) is 30.3 Å². The lowest BCUT2D eigenvalue weighted by Crippen LogP contribution is -2.33. The molecule has 3 aromatic rings. The number of carboxylic acids is 1. The summed E-state index contributed by atoms with van der Waals surface area (Å²) in [6.07, 6.45) is 0. The highest BCUT2D eigenvalue weighted by Crippen LogP contribution is 2.29. The molecule has 25 heavy (non-hydrogen) atoms. The van der Waals surface area contributed by atoms with Gasteiger partial charge in [-0.15, -0.1) is 0 Å². The van der Waals surface area contributed by atoms with Crippen molar-refractivity contribution < 1.29 is 19.1 Å². The molecule has 0 radical (unpaired) electrons. The summed E-state index contributed by atoms with van der Waals surface area (Å²) < 4.78 is 10.2. The molecule has 0 bridgehead atoms. The number of fused-ring (bicyclic) bond motifs is 1. The Bertz CT molecular complexity index is 949. The molecule has 0 amide bonds. The van der Waals surface area contributed by atoms with E-state index >= 15 is 0 Å². The first-order valence-electron chi connectivity index (χ1n) is 7.70. The molecular weight excluding hydrogens is 322 g/mol. The predicted octanol–water partition coefficient (Wildman–Crippen LogP) is 2.97. The molecule has 1 unspecified atom stereocenters. The summed E-state index contributed by atoms with van der Waals surface area (Å²) in [6.45, 7) is 0.0153. The van der Waals surface area contributed by atoms with Crippen molar-refractivity contribution in [3.05, 3.63) is 65.0 Å². The molecule has 0 fully saturated rings. The average Bonchev–Trinajstić information content (AvgIpc) is 2.61. The molecule has 2 aromatic carbocycles. The fourth-order valence-electron chi connectivity index (χ4n) is 2.65. The van der Waals surface area contributed by atoms with E-state index in [1.54, 1.807) is 18.2 Å². The van der Waals surface area contributed by atoms with Crippen LogP contribution in [0.1, 0.15) is 0 Å². The van der Waals surface area contributed by atoms with Gasteiger partial charge in [-0.25, -0.2) is 9.59 Å². The third kappa shape index (κ3) is 3.70. The molecule has 1 heterocycles. The smallest absolute Gasteiger partial charge is 0.336 e.